The highest BCUT2D eigenvalue weighted by Gasteiger charge is 2.14. The number of esters is 1. The maximum atomic E-state index is 11.1. The molecule has 4 nitrogen and oxygen atoms in total. The van der Waals surface area contributed by atoms with Gasteiger partial charge in [-0.1, -0.05) is 12.7 Å². The molecule has 0 heterocycles. The monoisotopic (exact) mass is 200 g/mol. The van der Waals surface area contributed by atoms with E-state index in [1.54, 1.807) is 0 Å². The lowest BCUT2D eigenvalue weighted by Crippen LogP contribution is -2.17. The first kappa shape index (κ1) is 12.9. The van der Waals surface area contributed by atoms with Crippen LogP contribution in [0.2, 0.25) is 0 Å². The first-order chi connectivity index (χ1) is 6.63. The van der Waals surface area contributed by atoms with Crippen LogP contribution in [0.25, 0.3) is 0 Å². The molecular formula is C10H16O4. The molecule has 0 saturated carbocycles. The fourth-order valence-corrected chi connectivity index (χ4v) is 0.734. The molecule has 1 unspecified atom stereocenters. The molecule has 80 valence electrons. The van der Waals surface area contributed by atoms with Crippen molar-refractivity contribution in [2.45, 2.75) is 18.9 Å². The van der Waals surface area contributed by atoms with Gasteiger partial charge in [-0.15, -0.1) is 6.58 Å². The van der Waals surface area contributed by atoms with Gasteiger partial charge in [0.15, 0.2) is 0 Å². The number of hydrogen-bond donors (Lipinski definition) is 2. The van der Waals surface area contributed by atoms with Gasteiger partial charge in [-0.3, -0.25) is 0 Å². The lowest BCUT2D eigenvalue weighted by atomic mass is 10.2. The van der Waals surface area contributed by atoms with Crippen molar-refractivity contribution in [3.05, 3.63) is 24.8 Å². The van der Waals surface area contributed by atoms with E-state index >= 15 is 0 Å². The van der Waals surface area contributed by atoms with Crippen LogP contribution in [0, 0.1) is 0 Å². The van der Waals surface area contributed by atoms with Gasteiger partial charge in [-0.05, 0) is 12.8 Å². The fourth-order valence-electron chi connectivity index (χ4n) is 0.734. The second-order valence-electron chi connectivity index (χ2n) is 2.77. The quantitative estimate of drug-likeness (QED) is 0.270. The Labute approximate surface area is 83.5 Å². The third kappa shape index (κ3) is 4.79. The van der Waals surface area contributed by atoms with Gasteiger partial charge in [0.1, 0.15) is 6.10 Å². The number of hydrogen-bond acceptors (Lipinski definition) is 4. The summed E-state index contributed by atoms with van der Waals surface area (Å²) in [5.74, 6) is -0.629. The normalized spacial score (nSPS) is 11.9. The number of carbonyl (C=O) groups is 1. The molecule has 0 amide bonds. The summed E-state index contributed by atoms with van der Waals surface area (Å²) in [5, 5.41) is 17.6. The highest BCUT2D eigenvalue weighted by Crippen LogP contribution is 2.03. The lowest BCUT2D eigenvalue weighted by molar-refractivity contribution is -0.140. The first-order valence-electron chi connectivity index (χ1n) is 4.41. The smallest absolute Gasteiger partial charge is 0.336 e. The minimum absolute atomic E-state index is 0.0241. The van der Waals surface area contributed by atoms with Crippen molar-refractivity contribution in [3.8, 4) is 0 Å². The minimum atomic E-state index is -1.06. The van der Waals surface area contributed by atoms with Gasteiger partial charge in [0.2, 0.25) is 0 Å². The molecule has 0 spiro atoms. The van der Waals surface area contributed by atoms with Gasteiger partial charge in [-0.2, -0.15) is 0 Å². The first-order valence-corrected chi connectivity index (χ1v) is 4.41. The van der Waals surface area contributed by atoms with Crippen molar-refractivity contribution in [2.24, 2.45) is 0 Å². The molecule has 2 N–H and O–H groups in total. The molecule has 0 rings (SSSR count). The zero-order valence-corrected chi connectivity index (χ0v) is 8.11. The summed E-state index contributed by atoms with van der Waals surface area (Å²) in [6.07, 6.45) is 1.33. The van der Waals surface area contributed by atoms with Crippen LogP contribution in [0.15, 0.2) is 24.8 Å². The van der Waals surface area contributed by atoms with E-state index in [2.05, 4.69) is 13.2 Å². The molecule has 14 heavy (non-hydrogen) atoms. The molecule has 4 heteroatoms. The van der Waals surface area contributed by atoms with Crippen molar-refractivity contribution < 1.29 is 19.7 Å². The van der Waals surface area contributed by atoms with Gasteiger partial charge in [0, 0.05) is 6.61 Å². The summed E-state index contributed by atoms with van der Waals surface area (Å²) in [4.78, 5) is 11.1. The summed E-state index contributed by atoms with van der Waals surface area (Å²) >= 11 is 0. The number of aliphatic hydroxyl groups is 2. The van der Waals surface area contributed by atoms with E-state index in [1.807, 2.05) is 0 Å². The van der Waals surface area contributed by atoms with Crippen LogP contribution in [0.3, 0.4) is 0 Å². The lowest BCUT2D eigenvalue weighted by Gasteiger charge is -2.08. The molecule has 0 bridgehead atoms. The Morgan fingerprint density at radius 2 is 2.14 bits per heavy atom. The number of carbonyl (C=O) groups excluding carboxylic acids is 1. The third-order valence-corrected chi connectivity index (χ3v) is 1.63. The molecule has 0 fully saturated rings. The summed E-state index contributed by atoms with van der Waals surface area (Å²) in [6, 6.07) is 0. The Morgan fingerprint density at radius 3 is 2.64 bits per heavy atom. The van der Waals surface area contributed by atoms with E-state index in [0.717, 1.165) is 0 Å². The molecule has 0 saturated heterocycles. The number of aliphatic hydroxyl groups excluding tert-OH is 2. The van der Waals surface area contributed by atoms with Gasteiger partial charge in [-0.25, -0.2) is 4.79 Å². The Hall–Kier alpha value is -1.13. The Kier molecular flexibility index (Phi) is 6.70. The van der Waals surface area contributed by atoms with Crippen LogP contribution in [0.5, 0.6) is 0 Å². The van der Waals surface area contributed by atoms with Gasteiger partial charge >= 0.3 is 5.97 Å². The fraction of sp³-hybridized carbons (Fsp3) is 0.500. The van der Waals surface area contributed by atoms with Crippen molar-refractivity contribution in [3.63, 3.8) is 0 Å². The minimum Gasteiger partial charge on any atom is -0.462 e. The van der Waals surface area contributed by atoms with Crippen molar-refractivity contribution in [2.75, 3.05) is 13.2 Å². The summed E-state index contributed by atoms with van der Waals surface area (Å²) in [7, 11) is 0. The zero-order chi connectivity index (χ0) is 11.0. The third-order valence-electron chi connectivity index (χ3n) is 1.63. The van der Waals surface area contributed by atoms with Gasteiger partial charge < -0.3 is 14.9 Å². The SMILES string of the molecule is C=CC(O)C(=C)C(=O)OCCCCO. The second-order valence-corrected chi connectivity index (χ2v) is 2.77. The van der Waals surface area contributed by atoms with Crippen molar-refractivity contribution in [1.29, 1.82) is 0 Å². The summed E-state index contributed by atoms with van der Waals surface area (Å²) in [6.45, 7) is 7.00. The molecule has 1 atom stereocenters. The highest BCUT2D eigenvalue weighted by molar-refractivity contribution is 5.89. The van der Waals surface area contributed by atoms with Crippen LogP contribution >= 0.6 is 0 Å². The van der Waals surface area contributed by atoms with E-state index in [4.69, 9.17) is 14.9 Å². The molecule has 0 aliphatic carbocycles. The maximum Gasteiger partial charge on any atom is 0.336 e. The van der Waals surface area contributed by atoms with Gasteiger partial charge in [0.05, 0.1) is 12.2 Å². The second kappa shape index (κ2) is 7.29. The number of rotatable bonds is 7. The van der Waals surface area contributed by atoms with E-state index in [9.17, 15) is 4.79 Å². The van der Waals surface area contributed by atoms with Crippen LogP contribution in [-0.4, -0.2) is 35.5 Å². The van der Waals surface area contributed by atoms with Gasteiger partial charge in [0.25, 0.3) is 0 Å². The predicted octanol–water partition coefficient (Wildman–Crippen LogP) is 0.405. The topological polar surface area (TPSA) is 66.8 Å². The molecule has 0 aliphatic rings. The summed E-state index contributed by atoms with van der Waals surface area (Å²) < 4.78 is 4.77. The van der Waals surface area contributed by atoms with Crippen molar-refractivity contribution >= 4 is 5.97 Å². The zero-order valence-electron chi connectivity index (χ0n) is 8.11. The molecule has 0 aromatic carbocycles. The molecule has 0 radical (unpaired) electrons. The predicted molar refractivity (Wildman–Crippen MR) is 52.6 cm³/mol. The molecule has 0 aromatic rings. The van der Waals surface area contributed by atoms with E-state index in [0.29, 0.717) is 12.8 Å². The average Bonchev–Trinajstić information content (AvgIpc) is 2.21. The number of ether oxygens (including phenoxy) is 1. The Bertz CT molecular complexity index is 210. The Balaban J connectivity index is 3.73. The molecular weight excluding hydrogens is 184 g/mol. The van der Waals surface area contributed by atoms with Crippen molar-refractivity contribution in [1.82, 2.24) is 0 Å². The average molecular weight is 200 g/mol. The standard InChI is InChI=1S/C10H16O4/c1-3-9(12)8(2)10(13)14-7-5-4-6-11/h3,9,11-12H,1-2,4-7H2. The molecule has 0 aromatic heterocycles. The highest BCUT2D eigenvalue weighted by atomic mass is 16.5. The van der Waals surface area contributed by atoms with Crippen LogP contribution in [0.4, 0.5) is 0 Å². The van der Waals surface area contributed by atoms with Crippen LogP contribution in [-0.2, 0) is 9.53 Å². The Morgan fingerprint density at radius 1 is 1.50 bits per heavy atom. The van der Waals surface area contributed by atoms with Crippen LogP contribution in [0.1, 0.15) is 12.8 Å². The molecule has 0 aliphatic heterocycles. The largest absolute Gasteiger partial charge is 0.462 e. The summed E-state index contributed by atoms with van der Waals surface area (Å²) in [5.41, 5.74) is -0.0241. The number of unbranched alkanes of at least 4 members (excludes halogenated alkanes) is 1. The van der Waals surface area contributed by atoms with Crippen LogP contribution < -0.4 is 0 Å². The van der Waals surface area contributed by atoms with E-state index in [-0.39, 0.29) is 18.8 Å². The van der Waals surface area contributed by atoms with E-state index in [1.165, 1.54) is 6.08 Å². The maximum absolute atomic E-state index is 11.1. The van der Waals surface area contributed by atoms with E-state index < -0.39 is 12.1 Å².